The van der Waals surface area contributed by atoms with Crippen molar-refractivity contribution in [2.24, 2.45) is 0 Å². The zero-order chi connectivity index (χ0) is 21.6. The molecule has 0 amide bonds. The molecular formula is C24H25BN5O. The second-order valence-electron chi connectivity index (χ2n) is 7.66. The fraction of sp³-hybridized carbons (Fsp3) is 0.208. The topological polar surface area (TPSA) is 61.4 Å². The summed E-state index contributed by atoms with van der Waals surface area (Å²) in [6, 6.07) is 20.3. The van der Waals surface area contributed by atoms with Crippen LogP contribution in [0.15, 0.2) is 66.7 Å². The normalized spacial score (nSPS) is 13.9. The summed E-state index contributed by atoms with van der Waals surface area (Å²) in [6.07, 6.45) is 3.72. The van der Waals surface area contributed by atoms with Crippen molar-refractivity contribution < 1.29 is 4.79 Å². The average molecular weight is 410 g/mol. The van der Waals surface area contributed by atoms with Crippen LogP contribution in [0.4, 0.5) is 17.2 Å². The van der Waals surface area contributed by atoms with Crippen LogP contribution >= 0.6 is 0 Å². The highest BCUT2D eigenvalue weighted by molar-refractivity contribution is 6.64. The molecule has 0 aliphatic carbocycles. The van der Waals surface area contributed by atoms with Crippen LogP contribution in [-0.2, 0) is 4.79 Å². The number of hydrogen-bond donors (Lipinski definition) is 1. The largest absolute Gasteiger partial charge is 0.378 e. The van der Waals surface area contributed by atoms with E-state index >= 15 is 0 Å². The zero-order valence-corrected chi connectivity index (χ0v) is 17.8. The van der Waals surface area contributed by atoms with E-state index < -0.39 is 0 Å². The Bertz CT molecular complexity index is 1080. The number of aromatic nitrogens is 2. The first kappa shape index (κ1) is 20.8. The molecule has 1 aliphatic heterocycles. The SMILES string of the molecule is CN(C)c1cccc(Nc2cc(-c3ccccc3)nc(C3=CCN([B]C=O)CC3)n2)c1. The van der Waals surface area contributed by atoms with Crippen LogP contribution in [0.25, 0.3) is 16.8 Å². The molecular weight excluding hydrogens is 385 g/mol. The van der Waals surface area contributed by atoms with E-state index in [1.165, 1.54) is 0 Å². The van der Waals surface area contributed by atoms with Gasteiger partial charge in [0.2, 0.25) is 0 Å². The predicted molar refractivity (Wildman–Crippen MR) is 128 cm³/mol. The van der Waals surface area contributed by atoms with Crippen molar-refractivity contribution in [3.63, 3.8) is 0 Å². The second-order valence-corrected chi connectivity index (χ2v) is 7.66. The maximum Gasteiger partial charge on any atom is 0.293 e. The maximum atomic E-state index is 10.8. The fourth-order valence-electron chi connectivity index (χ4n) is 3.53. The van der Waals surface area contributed by atoms with E-state index in [2.05, 4.69) is 40.6 Å². The van der Waals surface area contributed by atoms with Gasteiger partial charge in [-0.2, -0.15) is 0 Å². The van der Waals surface area contributed by atoms with Gasteiger partial charge in [0.05, 0.1) is 11.9 Å². The molecule has 1 radical (unpaired) electrons. The summed E-state index contributed by atoms with van der Waals surface area (Å²) in [5, 5.41) is 3.45. The molecule has 2 heterocycles. The van der Waals surface area contributed by atoms with E-state index in [0.717, 1.165) is 59.0 Å². The summed E-state index contributed by atoms with van der Waals surface area (Å²) >= 11 is 0. The van der Waals surface area contributed by atoms with Crippen LogP contribution in [0.3, 0.4) is 0 Å². The van der Waals surface area contributed by atoms with Crippen molar-refractivity contribution in [1.29, 1.82) is 0 Å². The first-order chi connectivity index (χ1) is 15.1. The number of benzene rings is 2. The minimum atomic E-state index is 0.681. The molecule has 1 N–H and O–H groups in total. The van der Waals surface area contributed by atoms with Gasteiger partial charge in [-0.05, 0) is 36.7 Å². The van der Waals surface area contributed by atoms with Crippen molar-refractivity contribution in [2.75, 3.05) is 37.4 Å². The Morgan fingerprint density at radius 3 is 2.61 bits per heavy atom. The van der Waals surface area contributed by atoms with Gasteiger partial charge in [-0.15, -0.1) is 0 Å². The van der Waals surface area contributed by atoms with Crippen LogP contribution in [-0.4, -0.2) is 55.6 Å². The van der Waals surface area contributed by atoms with E-state index in [-0.39, 0.29) is 0 Å². The van der Waals surface area contributed by atoms with Crippen molar-refractivity contribution in [3.05, 3.63) is 72.6 Å². The Morgan fingerprint density at radius 2 is 1.90 bits per heavy atom. The molecule has 7 heteroatoms. The molecule has 1 aromatic heterocycles. The van der Waals surface area contributed by atoms with Crippen molar-refractivity contribution >= 4 is 36.4 Å². The Morgan fingerprint density at radius 1 is 1.06 bits per heavy atom. The molecule has 0 saturated heterocycles. The third-order valence-electron chi connectivity index (χ3n) is 5.23. The van der Waals surface area contributed by atoms with Crippen molar-refractivity contribution in [1.82, 2.24) is 14.8 Å². The molecule has 31 heavy (non-hydrogen) atoms. The summed E-state index contributed by atoms with van der Waals surface area (Å²) in [5.74, 6) is 1.47. The first-order valence-electron chi connectivity index (χ1n) is 10.3. The second kappa shape index (κ2) is 9.58. The number of carbonyl (C=O) groups excluding carboxylic acids is 1. The molecule has 2 aromatic carbocycles. The Labute approximate surface area is 183 Å². The summed E-state index contributed by atoms with van der Waals surface area (Å²) < 4.78 is 0. The highest BCUT2D eigenvalue weighted by Gasteiger charge is 2.17. The molecule has 1 aliphatic rings. The van der Waals surface area contributed by atoms with E-state index in [0.29, 0.717) is 6.54 Å². The van der Waals surface area contributed by atoms with Gasteiger partial charge in [-0.3, -0.25) is 0 Å². The van der Waals surface area contributed by atoms with E-state index in [1.54, 1.807) is 7.41 Å². The third-order valence-corrected chi connectivity index (χ3v) is 5.23. The monoisotopic (exact) mass is 410 g/mol. The van der Waals surface area contributed by atoms with Gasteiger partial charge in [0, 0.05) is 43.6 Å². The molecule has 155 valence electrons. The lowest BCUT2D eigenvalue weighted by Gasteiger charge is -2.23. The highest BCUT2D eigenvalue weighted by atomic mass is 16.1. The van der Waals surface area contributed by atoms with Gasteiger partial charge in [0.25, 0.3) is 7.41 Å². The lowest BCUT2D eigenvalue weighted by Crippen LogP contribution is -2.33. The van der Waals surface area contributed by atoms with Gasteiger partial charge < -0.3 is 19.8 Å². The molecule has 0 fully saturated rings. The minimum absolute atomic E-state index is 0.681. The van der Waals surface area contributed by atoms with Gasteiger partial charge in [-0.25, -0.2) is 9.97 Å². The lowest BCUT2D eigenvalue weighted by atomic mass is 9.91. The van der Waals surface area contributed by atoms with E-state index in [4.69, 9.17) is 9.97 Å². The van der Waals surface area contributed by atoms with E-state index in [9.17, 15) is 4.79 Å². The van der Waals surface area contributed by atoms with Crippen LogP contribution in [0.5, 0.6) is 0 Å². The number of nitrogens with zero attached hydrogens (tertiary/aromatic N) is 4. The van der Waals surface area contributed by atoms with Crippen LogP contribution in [0.1, 0.15) is 12.2 Å². The number of rotatable bonds is 7. The Kier molecular flexibility index (Phi) is 6.43. The quantitative estimate of drug-likeness (QED) is 0.472. The van der Waals surface area contributed by atoms with Gasteiger partial charge in [0.15, 0.2) is 5.82 Å². The maximum absolute atomic E-state index is 10.8. The minimum Gasteiger partial charge on any atom is -0.378 e. The lowest BCUT2D eigenvalue weighted by molar-refractivity contribution is 0.486. The number of hydrogen-bond acceptors (Lipinski definition) is 6. The molecule has 4 rings (SSSR count). The van der Waals surface area contributed by atoms with Crippen molar-refractivity contribution in [3.8, 4) is 11.3 Å². The third kappa shape index (κ3) is 5.19. The number of carbonyl (C=O) groups is 1. The molecule has 6 nitrogen and oxygen atoms in total. The molecule has 0 saturated carbocycles. The standard InChI is InChI=1S/C24H25BN5O/c1-29(2)21-10-6-9-20(15-21)26-23-16-22(18-7-4-3-5-8-18)27-24(28-23)19-11-13-30(14-12-19)25-17-31/h3-11,15-17H,12-14H2,1-2H3,(H,26,27,28). The molecule has 0 spiro atoms. The Balaban J connectivity index is 1.69. The summed E-state index contributed by atoms with van der Waals surface area (Å²) in [7, 11) is 5.63. The highest BCUT2D eigenvalue weighted by Crippen LogP contribution is 2.27. The number of nitrogens with one attached hydrogen (secondary N) is 1. The predicted octanol–water partition coefficient (Wildman–Crippen LogP) is 3.85. The van der Waals surface area contributed by atoms with Crippen molar-refractivity contribution in [2.45, 2.75) is 6.42 Å². The van der Waals surface area contributed by atoms with Crippen LogP contribution in [0.2, 0.25) is 0 Å². The molecule has 3 aromatic rings. The zero-order valence-electron chi connectivity index (χ0n) is 17.8. The van der Waals surface area contributed by atoms with Gasteiger partial charge in [0.1, 0.15) is 5.82 Å². The average Bonchev–Trinajstić information content (AvgIpc) is 2.80. The van der Waals surface area contributed by atoms with E-state index in [1.807, 2.05) is 55.3 Å². The summed E-state index contributed by atoms with van der Waals surface area (Å²) in [5.41, 5.74) is 5.10. The molecule has 0 bridgehead atoms. The summed E-state index contributed by atoms with van der Waals surface area (Å²) in [6.45, 7) is 1.46. The molecule has 0 atom stereocenters. The van der Waals surface area contributed by atoms with Gasteiger partial charge in [-0.1, -0.05) is 42.5 Å². The number of anilines is 3. The molecule has 0 unspecified atom stereocenters. The van der Waals surface area contributed by atoms with Crippen LogP contribution < -0.4 is 10.2 Å². The smallest absolute Gasteiger partial charge is 0.293 e. The summed E-state index contributed by atoms with van der Waals surface area (Å²) in [4.78, 5) is 24.5. The first-order valence-corrected chi connectivity index (χ1v) is 10.3. The van der Waals surface area contributed by atoms with Crippen LogP contribution in [0, 0.1) is 0 Å². The van der Waals surface area contributed by atoms with Gasteiger partial charge >= 0.3 is 0 Å². The Hall–Kier alpha value is -3.45. The fourth-order valence-corrected chi connectivity index (χ4v) is 3.53.